The summed E-state index contributed by atoms with van der Waals surface area (Å²) in [4.78, 5) is 11.2. The first kappa shape index (κ1) is 12.4. The Labute approximate surface area is 115 Å². The molecule has 1 fully saturated rings. The van der Waals surface area contributed by atoms with E-state index >= 15 is 0 Å². The Morgan fingerprint density at radius 3 is 2.79 bits per heavy atom. The van der Waals surface area contributed by atoms with Gasteiger partial charge in [0.25, 0.3) is 0 Å². The quantitative estimate of drug-likeness (QED) is 0.803. The maximum atomic E-state index is 13.1. The van der Waals surface area contributed by atoms with E-state index in [-0.39, 0.29) is 5.82 Å². The van der Waals surface area contributed by atoms with E-state index < -0.39 is 0 Å². The van der Waals surface area contributed by atoms with Gasteiger partial charge in [-0.3, -0.25) is 4.79 Å². The van der Waals surface area contributed by atoms with Gasteiger partial charge >= 0.3 is 0 Å². The predicted octanol–water partition coefficient (Wildman–Crippen LogP) is 3.66. The molecule has 0 amide bonds. The second kappa shape index (κ2) is 4.46. The summed E-state index contributed by atoms with van der Waals surface area (Å²) >= 11 is 6.22. The van der Waals surface area contributed by atoms with Crippen LogP contribution in [0.4, 0.5) is 4.39 Å². The van der Waals surface area contributed by atoms with Gasteiger partial charge in [0, 0.05) is 5.92 Å². The zero-order chi connectivity index (χ0) is 13.6. The first-order valence-electron chi connectivity index (χ1n) is 6.12. The smallest absolute Gasteiger partial charge is 0.155 e. The van der Waals surface area contributed by atoms with Crippen LogP contribution in [0.5, 0.6) is 0 Å². The monoisotopic (exact) mass is 278 g/mol. The van der Waals surface area contributed by atoms with Gasteiger partial charge in [-0.05, 0) is 43.5 Å². The van der Waals surface area contributed by atoms with E-state index in [1.807, 2.05) is 0 Å². The molecule has 0 spiro atoms. The van der Waals surface area contributed by atoms with Crippen LogP contribution in [0, 0.1) is 12.7 Å². The van der Waals surface area contributed by atoms with Crippen molar-refractivity contribution >= 4 is 17.9 Å². The molecule has 1 aliphatic carbocycles. The average Bonchev–Trinajstić information content (AvgIpc) is 3.15. The molecular formula is C14H12ClFN2O. The zero-order valence-electron chi connectivity index (χ0n) is 10.4. The molecule has 1 saturated carbocycles. The highest BCUT2D eigenvalue weighted by atomic mass is 35.5. The maximum Gasteiger partial charge on any atom is 0.155 e. The van der Waals surface area contributed by atoms with E-state index in [9.17, 15) is 9.18 Å². The topological polar surface area (TPSA) is 34.9 Å². The molecule has 2 aromatic rings. The number of halogens is 2. The molecule has 1 aliphatic rings. The molecule has 98 valence electrons. The largest absolute Gasteiger partial charge is 0.298 e. The van der Waals surface area contributed by atoms with Gasteiger partial charge < -0.3 is 0 Å². The summed E-state index contributed by atoms with van der Waals surface area (Å²) in [6, 6.07) is 4.40. The molecule has 0 aliphatic heterocycles. The van der Waals surface area contributed by atoms with Gasteiger partial charge in [0.1, 0.15) is 11.0 Å². The number of aryl methyl sites for hydroxylation is 1. The molecule has 3 nitrogen and oxygen atoms in total. The third-order valence-corrected chi connectivity index (χ3v) is 3.72. The Kier molecular flexibility index (Phi) is 2.90. The number of benzene rings is 1. The Morgan fingerprint density at radius 1 is 1.47 bits per heavy atom. The standard InChI is InChI=1S/C14H12ClFN2O/c1-8-6-10(16)4-5-12(8)18-14(15)11(7-19)13(17-18)9-2-3-9/h4-7,9H,2-3H2,1H3. The normalized spacial score (nSPS) is 14.7. The van der Waals surface area contributed by atoms with E-state index in [0.717, 1.165) is 30.4 Å². The van der Waals surface area contributed by atoms with Crippen molar-refractivity contribution in [2.24, 2.45) is 0 Å². The Morgan fingerprint density at radius 2 is 2.21 bits per heavy atom. The van der Waals surface area contributed by atoms with Crippen molar-refractivity contribution in [3.05, 3.63) is 46.0 Å². The summed E-state index contributed by atoms with van der Waals surface area (Å²) in [6.45, 7) is 1.79. The minimum atomic E-state index is -0.303. The van der Waals surface area contributed by atoms with Crippen molar-refractivity contribution < 1.29 is 9.18 Å². The minimum absolute atomic E-state index is 0.298. The van der Waals surface area contributed by atoms with Gasteiger partial charge in [-0.2, -0.15) is 5.10 Å². The van der Waals surface area contributed by atoms with E-state index in [2.05, 4.69) is 5.10 Å². The Bertz CT molecular complexity index is 662. The van der Waals surface area contributed by atoms with Crippen molar-refractivity contribution in [1.29, 1.82) is 0 Å². The number of carbonyl (C=O) groups is 1. The molecule has 0 N–H and O–H groups in total. The summed E-state index contributed by atoms with van der Waals surface area (Å²) in [6.07, 6.45) is 2.82. The van der Waals surface area contributed by atoms with Gasteiger partial charge in [0.15, 0.2) is 6.29 Å². The first-order chi connectivity index (χ1) is 9.11. The fraction of sp³-hybridized carbons (Fsp3) is 0.286. The first-order valence-corrected chi connectivity index (χ1v) is 6.49. The van der Waals surface area contributed by atoms with Crippen LogP contribution in [-0.4, -0.2) is 16.1 Å². The van der Waals surface area contributed by atoms with Gasteiger partial charge in [-0.1, -0.05) is 11.6 Å². The molecule has 1 aromatic carbocycles. The lowest BCUT2D eigenvalue weighted by molar-refractivity contribution is 0.112. The molecule has 0 unspecified atom stereocenters. The number of hydrogen-bond acceptors (Lipinski definition) is 2. The molecule has 1 heterocycles. The predicted molar refractivity (Wildman–Crippen MR) is 70.6 cm³/mol. The number of nitrogens with zero attached hydrogens (tertiary/aromatic N) is 2. The fourth-order valence-electron chi connectivity index (χ4n) is 2.21. The minimum Gasteiger partial charge on any atom is -0.298 e. The van der Waals surface area contributed by atoms with Crippen LogP contribution in [0.2, 0.25) is 5.15 Å². The van der Waals surface area contributed by atoms with Crippen LogP contribution in [-0.2, 0) is 0 Å². The summed E-state index contributed by atoms with van der Waals surface area (Å²) < 4.78 is 14.7. The second-order valence-electron chi connectivity index (χ2n) is 4.82. The highest BCUT2D eigenvalue weighted by molar-refractivity contribution is 6.32. The van der Waals surface area contributed by atoms with Gasteiger partial charge in [-0.15, -0.1) is 0 Å². The summed E-state index contributed by atoms with van der Waals surface area (Å²) in [5, 5.41) is 4.73. The molecule has 1 aromatic heterocycles. The van der Waals surface area contributed by atoms with Crippen LogP contribution in [0.15, 0.2) is 18.2 Å². The molecule has 0 atom stereocenters. The number of aldehydes is 1. The van der Waals surface area contributed by atoms with Crippen molar-refractivity contribution in [3.8, 4) is 5.69 Å². The van der Waals surface area contributed by atoms with Gasteiger partial charge in [0.2, 0.25) is 0 Å². The lowest BCUT2D eigenvalue weighted by Gasteiger charge is -2.06. The SMILES string of the molecule is Cc1cc(F)ccc1-n1nc(C2CC2)c(C=O)c1Cl. The molecule has 0 saturated heterocycles. The third-order valence-electron chi connectivity index (χ3n) is 3.36. The molecule has 0 bridgehead atoms. The van der Waals surface area contributed by atoms with Crippen LogP contribution in [0.25, 0.3) is 5.69 Å². The van der Waals surface area contributed by atoms with Crippen LogP contribution in [0.3, 0.4) is 0 Å². The second-order valence-corrected chi connectivity index (χ2v) is 5.18. The van der Waals surface area contributed by atoms with E-state index in [0.29, 0.717) is 22.3 Å². The van der Waals surface area contributed by atoms with Crippen LogP contribution < -0.4 is 0 Å². The molecule has 19 heavy (non-hydrogen) atoms. The number of aromatic nitrogens is 2. The highest BCUT2D eigenvalue weighted by Gasteiger charge is 2.31. The van der Waals surface area contributed by atoms with Crippen molar-refractivity contribution in [2.45, 2.75) is 25.7 Å². The van der Waals surface area contributed by atoms with Crippen molar-refractivity contribution in [1.82, 2.24) is 9.78 Å². The van der Waals surface area contributed by atoms with Gasteiger partial charge in [-0.25, -0.2) is 9.07 Å². The zero-order valence-corrected chi connectivity index (χ0v) is 11.1. The van der Waals surface area contributed by atoms with Crippen LogP contribution in [0.1, 0.15) is 40.4 Å². The van der Waals surface area contributed by atoms with E-state index in [4.69, 9.17) is 11.6 Å². The summed E-state index contributed by atoms with van der Waals surface area (Å²) in [5.41, 5.74) is 2.63. The number of rotatable bonds is 3. The molecule has 5 heteroatoms. The fourth-order valence-corrected chi connectivity index (χ4v) is 2.48. The Hall–Kier alpha value is -1.68. The lowest BCUT2D eigenvalue weighted by atomic mass is 10.2. The average molecular weight is 279 g/mol. The van der Waals surface area contributed by atoms with Crippen LogP contribution >= 0.6 is 11.6 Å². The highest BCUT2D eigenvalue weighted by Crippen LogP contribution is 2.42. The molecule has 3 rings (SSSR count). The van der Waals surface area contributed by atoms with Crippen molar-refractivity contribution in [3.63, 3.8) is 0 Å². The number of carbonyl (C=O) groups excluding carboxylic acids is 1. The summed E-state index contributed by atoms with van der Waals surface area (Å²) in [5.74, 6) is 0.0299. The summed E-state index contributed by atoms with van der Waals surface area (Å²) in [7, 11) is 0. The van der Waals surface area contributed by atoms with Gasteiger partial charge in [0.05, 0.1) is 16.9 Å². The Balaban J connectivity index is 2.17. The lowest BCUT2D eigenvalue weighted by Crippen LogP contribution is -2.00. The maximum absolute atomic E-state index is 13.1. The van der Waals surface area contributed by atoms with Crippen molar-refractivity contribution in [2.75, 3.05) is 0 Å². The molecular weight excluding hydrogens is 267 g/mol. The number of hydrogen-bond donors (Lipinski definition) is 0. The van der Waals surface area contributed by atoms with E-state index in [1.54, 1.807) is 13.0 Å². The molecule has 0 radical (unpaired) electrons. The third kappa shape index (κ3) is 2.06. The van der Waals surface area contributed by atoms with E-state index in [1.165, 1.54) is 16.8 Å².